The summed E-state index contributed by atoms with van der Waals surface area (Å²) in [5.41, 5.74) is 7.12. The lowest BCUT2D eigenvalue weighted by Crippen LogP contribution is -2.29. The fourth-order valence-corrected chi connectivity index (χ4v) is 7.35. The first kappa shape index (κ1) is 31.3. The summed E-state index contributed by atoms with van der Waals surface area (Å²) in [6.07, 6.45) is 5.79. The quantitative estimate of drug-likeness (QED) is 0.177. The van der Waals surface area contributed by atoms with E-state index in [4.69, 9.17) is 32.9 Å². The first-order valence-corrected chi connectivity index (χ1v) is 16.9. The van der Waals surface area contributed by atoms with Crippen LogP contribution in [-0.4, -0.2) is 40.2 Å². The number of aromatic nitrogens is 1. The maximum atomic E-state index is 13.4. The minimum atomic E-state index is -0.0155. The Hall–Kier alpha value is -3.65. The number of ether oxygens (including phenoxy) is 1. The van der Waals surface area contributed by atoms with E-state index in [0.29, 0.717) is 33.3 Å². The van der Waals surface area contributed by atoms with Crippen molar-refractivity contribution in [3.05, 3.63) is 110 Å². The van der Waals surface area contributed by atoms with E-state index in [1.54, 1.807) is 17.0 Å². The number of carbonyl (C=O) groups excluding carboxylic acids is 1. The van der Waals surface area contributed by atoms with Gasteiger partial charge in [-0.1, -0.05) is 29.3 Å². The highest BCUT2D eigenvalue weighted by Gasteiger charge is 2.32. The molecule has 4 aromatic rings. The van der Waals surface area contributed by atoms with Crippen LogP contribution in [0.1, 0.15) is 48.7 Å². The molecule has 1 aromatic heterocycles. The lowest BCUT2D eigenvalue weighted by molar-refractivity contribution is -0.122. The number of nitrogens with zero attached hydrogens (tertiary/aromatic N) is 4. The summed E-state index contributed by atoms with van der Waals surface area (Å²) >= 11 is 13.7. The molecule has 0 aliphatic carbocycles. The van der Waals surface area contributed by atoms with Crippen molar-refractivity contribution in [2.45, 2.75) is 46.6 Å². The van der Waals surface area contributed by atoms with Crippen molar-refractivity contribution in [3.63, 3.8) is 0 Å². The first-order valence-electron chi connectivity index (χ1n) is 15.3. The second kappa shape index (κ2) is 13.8. The fraction of sp³-hybridized carbons (Fsp3) is 0.278. The van der Waals surface area contributed by atoms with Gasteiger partial charge in [-0.05, 0) is 130 Å². The van der Waals surface area contributed by atoms with Gasteiger partial charge in [0.25, 0.3) is 5.91 Å². The Bertz CT molecular complexity index is 1760. The number of hydrogen-bond acceptors (Lipinski definition) is 5. The Labute approximate surface area is 279 Å². The lowest BCUT2D eigenvalue weighted by atomic mass is 10.1. The Morgan fingerprint density at radius 1 is 0.911 bits per heavy atom. The Balaban J connectivity index is 1.18. The smallest absolute Gasteiger partial charge is 0.266 e. The molecule has 6 nitrogen and oxygen atoms in total. The number of amidine groups is 1. The van der Waals surface area contributed by atoms with Crippen molar-refractivity contribution in [2.24, 2.45) is 4.99 Å². The zero-order valence-corrected chi connectivity index (χ0v) is 28.1. The molecule has 232 valence electrons. The molecule has 45 heavy (non-hydrogen) atoms. The normalized spacial score (nSPS) is 17.1. The maximum Gasteiger partial charge on any atom is 0.266 e. The van der Waals surface area contributed by atoms with E-state index in [1.807, 2.05) is 55.5 Å². The van der Waals surface area contributed by atoms with Gasteiger partial charge in [-0.15, -0.1) is 0 Å². The van der Waals surface area contributed by atoms with Crippen LogP contribution in [-0.2, 0) is 11.4 Å². The Morgan fingerprint density at radius 3 is 2.31 bits per heavy atom. The predicted molar refractivity (Wildman–Crippen MR) is 189 cm³/mol. The molecule has 2 aliphatic rings. The van der Waals surface area contributed by atoms with E-state index in [1.165, 1.54) is 36.7 Å². The van der Waals surface area contributed by atoms with Crippen LogP contribution in [0, 0.1) is 13.8 Å². The maximum absolute atomic E-state index is 13.4. The standard InChI is InChI=1S/C36H36Cl2N4O2S/c1-4-41-35(43)34(45-36(41)39-29-10-12-30(13-11-29)40-18-6-5-7-19-40)21-27-20-24(2)42(25(27)3)31-14-16-32(17-15-31)44-23-26-8-9-28(37)22-33(26)38/h8-17,20-22H,4-7,18-19,23H2,1-3H3/b34-21-,39-36?. The number of halogens is 2. The van der Waals surface area contributed by atoms with Crippen LogP contribution in [0.4, 0.5) is 11.4 Å². The van der Waals surface area contributed by atoms with Crippen molar-refractivity contribution in [3.8, 4) is 11.4 Å². The fourth-order valence-electron chi connectivity index (χ4n) is 5.83. The molecule has 0 spiro atoms. The van der Waals surface area contributed by atoms with Crippen molar-refractivity contribution in [1.29, 1.82) is 0 Å². The number of piperidine rings is 1. The summed E-state index contributed by atoms with van der Waals surface area (Å²) < 4.78 is 8.16. The van der Waals surface area contributed by atoms with Gasteiger partial charge in [-0.25, -0.2) is 4.99 Å². The Kier molecular flexibility index (Phi) is 9.59. The van der Waals surface area contributed by atoms with Crippen LogP contribution in [0.25, 0.3) is 11.8 Å². The van der Waals surface area contributed by atoms with Gasteiger partial charge in [0.2, 0.25) is 0 Å². The van der Waals surface area contributed by atoms with Crippen LogP contribution in [0.15, 0.2) is 82.7 Å². The molecule has 3 heterocycles. The van der Waals surface area contributed by atoms with E-state index in [0.717, 1.165) is 52.7 Å². The van der Waals surface area contributed by atoms with Crippen LogP contribution >= 0.6 is 35.0 Å². The Morgan fingerprint density at radius 2 is 1.62 bits per heavy atom. The number of thioether (sulfide) groups is 1. The van der Waals surface area contributed by atoms with Crippen LogP contribution in [0.5, 0.6) is 5.75 Å². The summed E-state index contributed by atoms with van der Waals surface area (Å²) in [4.78, 5) is 23.2. The summed E-state index contributed by atoms with van der Waals surface area (Å²) in [6, 6.07) is 23.9. The SMILES string of the molecule is CCN1C(=O)/C(=C/c2cc(C)n(-c3ccc(OCc4ccc(Cl)cc4Cl)cc3)c2C)SC1=Nc1ccc(N2CCCCC2)cc1. The average molecular weight is 660 g/mol. The minimum absolute atomic E-state index is 0.0155. The number of hydrogen-bond donors (Lipinski definition) is 0. The third-order valence-electron chi connectivity index (χ3n) is 8.26. The second-order valence-electron chi connectivity index (χ2n) is 11.3. The van der Waals surface area contributed by atoms with Gasteiger partial charge in [0.05, 0.1) is 10.6 Å². The monoisotopic (exact) mass is 658 g/mol. The molecule has 2 saturated heterocycles. The molecule has 0 unspecified atom stereocenters. The third-order valence-corrected chi connectivity index (χ3v) is 9.85. The van der Waals surface area contributed by atoms with E-state index >= 15 is 0 Å². The number of likely N-dealkylation sites (N-methyl/N-ethyl adjacent to an activating group) is 1. The van der Waals surface area contributed by atoms with Gasteiger partial charge in [-0.2, -0.15) is 0 Å². The van der Waals surface area contributed by atoms with Crippen LogP contribution < -0.4 is 9.64 Å². The van der Waals surface area contributed by atoms with Crippen molar-refractivity contribution in [2.75, 3.05) is 24.5 Å². The molecule has 6 rings (SSSR count). The summed E-state index contributed by atoms with van der Waals surface area (Å²) in [5.74, 6) is 0.730. The highest BCUT2D eigenvalue weighted by Crippen LogP contribution is 2.36. The van der Waals surface area contributed by atoms with Crippen molar-refractivity contribution >= 4 is 63.5 Å². The molecular formula is C36H36Cl2N4O2S. The van der Waals surface area contributed by atoms with E-state index in [-0.39, 0.29) is 5.91 Å². The molecule has 3 aromatic carbocycles. The van der Waals surface area contributed by atoms with Gasteiger partial charge >= 0.3 is 0 Å². The minimum Gasteiger partial charge on any atom is -0.489 e. The lowest BCUT2D eigenvalue weighted by Gasteiger charge is -2.28. The average Bonchev–Trinajstić information content (AvgIpc) is 3.50. The number of benzene rings is 3. The van der Waals surface area contributed by atoms with Crippen LogP contribution in [0.2, 0.25) is 10.0 Å². The highest BCUT2D eigenvalue weighted by atomic mass is 35.5. The van der Waals surface area contributed by atoms with E-state index in [2.05, 4.69) is 41.5 Å². The zero-order valence-electron chi connectivity index (χ0n) is 25.7. The van der Waals surface area contributed by atoms with Crippen LogP contribution in [0.3, 0.4) is 0 Å². The molecule has 9 heteroatoms. The second-order valence-corrected chi connectivity index (χ2v) is 13.2. The number of aliphatic imine (C=N–C) groups is 1. The third kappa shape index (κ3) is 6.96. The van der Waals surface area contributed by atoms with Gasteiger partial charge in [0, 0.05) is 58.0 Å². The van der Waals surface area contributed by atoms with Crippen molar-refractivity contribution < 1.29 is 9.53 Å². The molecule has 2 fully saturated rings. The number of rotatable bonds is 8. The molecule has 0 bridgehead atoms. The summed E-state index contributed by atoms with van der Waals surface area (Å²) in [6.45, 7) is 9.27. The zero-order chi connectivity index (χ0) is 31.5. The molecular weight excluding hydrogens is 623 g/mol. The van der Waals surface area contributed by atoms with Gasteiger partial charge in [0.1, 0.15) is 12.4 Å². The first-order chi connectivity index (χ1) is 21.8. The number of anilines is 1. The molecule has 0 N–H and O–H groups in total. The van der Waals surface area contributed by atoms with Gasteiger partial charge in [0.15, 0.2) is 5.17 Å². The predicted octanol–water partition coefficient (Wildman–Crippen LogP) is 9.59. The number of amides is 1. The number of aryl methyl sites for hydroxylation is 1. The topological polar surface area (TPSA) is 50.1 Å². The highest BCUT2D eigenvalue weighted by molar-refractivity contribution is 8.18. The van der Waals surface area contributed by atoms with Gasteiger partial charge < -0.3 is 14.2 Å². The number of carbonyl (C=O) groups is 1. The summed E-state index contributed by atoms with van der Waals surface area (Å²) in [7, 11) is 0. The summed E-state index contributed by atoms with van der Waals surface area (Å²) in [5, 5.41) is 1.89. The molecule has 0 radical (unpaired) electrons. The van der Waals surface area contributed by atoms with E-state index in [9.17, 15) is 4.79 Å². The van der Waals surface area contributed by atoms with E-state index < -0.39 is 0 Å². The molecule has 0 saturated carbocycles. The van der Waals surface area contributed by atoms with Crippen molar-refractivity contribution in [1.82, 2.24) is 9.47 Å². The largest absolute Gasteiger partial charge is 0.489 e. The molecule has 0 atom stereocenters. The molecule has 2 aliphatic heterocycles. The molecule has 1 amide bonds. The van der Waals surface area contributed by atoms with Gasteiger partial charge in [-0.3, -0.25) is 9.69 Å².